The number of halogens is 1. The van der Waals surface area contributed by atoms with Gasteiger partial charge in [0.25, 0.3) is 15.7 Å². The second-order valence-electron chi connectivity index (χ2n) is 10.5. The smallest absolute Gasteiger partial charge is 0.269 e. The summed E-state index contributed by atoms with van der Waals surface area (Å²) in [4.78, 5) is 39.8. The number of hydrogen-bond donors (Lipinski definition) is 1. The van der Waals surface area contributed by atoms with E-state index in [1.165, 1.54) is 41.3 Å². The van der Waals surface area contributed by atoms with Crippen LogP contribution in [0.1, 0.15) is 51.0 Å². The predicted octanol–water partition coefficient (Wildman–Crippen LogP) is 5.70. The highest BCUT2D eigenvalue weighted by atomic mass is 35.5. The first kappa shape index (κ1) is 32.0. The maximum atomic E-state index is 14.2. The zero-order chi connectivity index (χ0) is 31.0. The molecular formula is C31H35ClN4O6S. The Morgan fingerprint density at radius 3 is 2.19 bits per heavy atom. The van der Waals surface area contributed by atoms with Gasteiger partial charge in [0.05, 0.1) is 15.5 Å². The van der Waals surface area contributed by atoms with E-state index in [1.807, 2.05) is 6.92 Å². The van der Waals surface area contributed by atoms with Crippen LogP contribution in [0.2, 0.25) is 5.02 Å². The van der Waals surface area contributed by atoms with Gasteiger partial charge in [0.15, 0.2) is 0 Å². The van der Waals surface area contributed by atoms with Crippen LogP contribution in [-0.4, -0.2) is 48.7 Å². The lowest BCUT2D eigenvalue weighted by atomic mass is 9.95. The lowest BCUT2D eigenvalue weighted by Gasteiger charge is -2.34. The number of amides is 2. The Kier molecular flexibility index (Phi) is 10.8. The molecule has 228 valence electrons. The van der Waals surface area contributed by atoms with E-state index in [0.29, 0.717) is 11.4 Å². The van der Waals surface area contributed by atoms with Crippen LogP contribution < -0.4 is 9.62 Å². The Hall–Kier alpha value is -3.96. The first-order valence-electron chi connectivity index (χ1n) is 14.3. The second-order valence-corrected chi connectivity index (χ2v) is 12.8. The number of sulfonamides is 1. The lowest BCUT2D eigenvalue weighted by molar-refractivity contribution is -0.384. The first-order valence-corrected chi connectivity index (χ1v) is 16.1. The summed E-state index contributed by atoms with van der Waals surface area (Å²) < 4.78 is 28.7. The third kappa shape index (κ3) is 8.11. The molecule has 10 nitrogen and oxygen atoms in total. The maximum absolute atomic E-state index is 14.2. The molecule has 12 heteroatoms. The zero-order valence-corrected chi connectivity index (χ0v) is 25.5. The van der Waals surface area contributed by atoms with Crippen molar-refractivity contribution >= 4 is 44.8 Å². The normalized spacial score (nSPS) is 14.5. The van der Waals surface area contributed by atoms with E-state index in [2.05, 4.69) is 5.32 Å². The Morgan fingerprint density at radius 2 is 1.60 bits per heavy atom. The molecule has 4 rings (SSSR count). The molecule has 0 heterocycles. The average Bonchev–Trinajstić information content (AvgIpc) is 3.01. The molecule has 1 N–H and O–H groups in total. The van der Waals surface area contributed by atoms with E-state index in [1.54, 1.807) is 42.5 Å². The molecule has 1 fully saturated rings. The Bertz CT molecular complexity index is 1510. The fraction of sp³-hybridized carbons (Fsp3) is 0.355. The number of rotatable bonds is 12. The van der Waals surface area contributed by atoms with Crippen molar-refractivity contribution in [1.29, 1.82) is 0 Å². The standard InChI is InChI=1S/C31H35ClN4O6S/c1-2-29(31(38)33-25-9-5-3-6-10-25)34(21-23-13-15-24(32)16-14-23)30(37)22-35(26-17-19-27(20-18-26)36(39)40)43(41,42)28-11-7-4-8-12-28/h4,7-8,11-20,25,29H,2-3,5-6,9-10,21-22H2,1H3,(H,33,38)/t29-/m0/s1. The van der Waals surface area contributed by atoms with Crippen molar-refractivity contribution in [2.45, 2.75) is 69.0 Å². The SMILES string of the molecule is CC[C@@H](C(=O)NC1CCCCC1)N(Cc1ccc(Cl)cc1)C(=O)CN(c1ccc([N+](=O)[O-])cc1)S(=O)(=O)c1ccccc1. The fourth-order valence-electron chi connectivity index (χ4n) is 5.24. The summed E-state index contributed by atoms with van der Waals surface area (Å²) in [6.07, 6.45) is 5.22. The molecule has 2 amide bonds. The molecule has 1 atom stereocenters. The zero-order valence-electron chi connectivity index (χ0n) is 23.9. The van der Waals surface area contributed by atoms with Crippen LogP contribution in [0, 0.1) is 10.1 Å². The van der Waals surface area contributed by atoms with Crippen molar-refractivity contribution in [1.82, 2.24) is 10.2 Å². The monoisotopic (exact) mass is 626 g/mol. The van der Waals surface area contributed by atoms with Gasteiger partial charge in [-0.1, -0.05) is 68.1 Å². The highest BCUT2D eigenvalue weighted by Gasteiger charge is 2.34. The van der Waals surface area contributed by atoms with E-state index in [-0.39, 0.29) is 34.8 Å². The molecule has 3 aromatic carbocycles. The van der Waals surface area contributed by atoms with Crippen LogP contribution in [0.5, 0.6) is 0 Å². The summed E-state index contributed by atoms with van der Waals surface area (Å²) in [7, 11) is -4.27. The molecule has 1 aliphatic carbocycles. The predicted molar refractivity (Wildman–Crippen MR) is 165 cm³/mol. The summed E-state index contributed by atoms with van der Waals surface area (Å²) in [5.74, 6) is -0.886. The number of carbonyl (C=O) groups excluding carboxylic acids is 2. The number of benzene rings is 3. The number of carbonyl (C=O) groups is 2. The lowest BCUT2D eigenvalue weighted by Crippen LogP contribution is -2.54. The highest BCUT2D eigenvalue weighted by Crippen LogP contribution is 2.27. The Balaban J connectivity index is 1.70. The van der Waals surface area contributed by atoms with Crippen LogP contribution in [0.15, 0.2) is 83.8 Å². The molecule has 3 aromatic rings. The Morgan fingerprint density at radius 1 is 0.977 bits per heavy atom. The van der Waals surface area contributed by atoms with Crippen molar-refractivity contribution in [2.24, 2.45) is 0 Å². The second kappa shape index (κ2) is 14.5. The molecule has 0 saturated heterocycles. The van der Waals surface area contributed by atoms with Crippen LogP contribution in [0.4, 0.5) is 11.4 Å². The van der Waals surface area contributed by atoms with E-state index in [4.69, 9.17) is 11.6 Å². The van der Waals surface area contributed by atoms with Gasteiger partial charge in [-0.3, -0.25) is 24.0 Å². The minimum Gasteiger partial charge on any atom is -0.352 e. The van der Waals surface area contributed by atoms with Crippen molar-refractivity contribution in [3.05, 3.63) is 99.6 Å². The summed E-state index contributed by atoms with van der Waals surface area (Å²) in [6, 6.07) is 18.6. The van der Waals surface area contributed by atoms with Gasteiger partial charge in [-0.15, -0.1) is 0 Å². The molecule has 0 bridgehead atoms. The molecule has 0 aromatic heterocycles. The Labute approximate surface area is 256 Å². The van der Waals surface area contributed by atoms with Gasteiger partial charge in [-0.25, -0.2) is 8.42 Å². The van der Waals surface area contributed by atoms with Gasteiger partial charge >= 0.3 is 0 Å². The van der Waals surface area contributed by atoms with Crippen molar-refractivity contribution in [3.8, 4) is 0 Å². The summed E-state index contributed by atoms with van der Waals surface area (Å²) in [5.41, 5.74) is 0.574. The van der Waals surface area contributed by atoms with Crippen molar-refractivity contribution in [3.63, 3.8) is 0 Å². The molecule has 0 aliphatic heterocycles. The number of hydrogen-bond acceptors (Lipinski definition) is 6. The summed E-state index contributed by atoms with van der Waals surface area (Å²) >= 11 is 6.08. The van der Waals surface area contributed by atoms with Crippen LogP contribution in [0.25, 0.3) is 0 Å². The quantitative estimate of drug-likeness (QED) is 0.203. The summed E-state index contributed by atoms with van der Waals surface area (Å²) in [6.45, 7) is 1.23. The van der Waals surface area contributed by atoms with Gasteiger partial charge in [0.2, 0.25) is 11.8 Å². The number of anilines is 1. The third-order valence-electron chi connectivity index (χ3n) is 7.56. The molecule has 1 saturated carbocycles. The van der Waals surface area contributed by atoms with Gasteiger partial charge in [-0.2, -0.15) is 0 Å². The van der Waals surface area contributed by atoms with Crippen molar-refractivity contribution in [2.75, 3.05) is 10.8 Å². The van der Waals surface area contributed by atoms with E-state index >= 15 is 0 Å². The average molecular weight is 627 g/mol. The topological polar surface area (TPSA) is 130 Å². The number of non-ortho nitro benzene ring substituents is 1. The van der Waals surface area contributed by atoms with Crippen LogP contribution in [0.3, 0.4) is 0 Å². The van der Waals surface area contributed by atoms with Gasteiger partial charge in [0, 0.05) is 29.7 Å². The summed E-state index contributed by atoms with van der Waals surface area (Å²) in [5, 5.41) is 14.9. The largest absolute Gasteiger partial charge is 0.352 e. The maximum Gasteiger partial charge on any atom is 0.269 e. The minimum atomic E-state index is -4.27. The molecule has 0 radical (unpaired) electrons. The molecule has 0 spiro atoms. The molecule has 0 unspecified atom stereocenters. The van der Waals surface area contributed by atoms with Crippen LogP contribution in [-0.2, 0) is 26.2 Å². The molecule has 1 aliphatic rings. The highest BCUT2D eigenvalue weighted by molar-refractivity contribution is 7.92. The van der Waals surface area contributed by atoms with Crippen molar-refractivity contribution < 1.29 is 22.9 Å². The first-order chi connectivity index (χ1) is 20.6. The number of nitro benzene ring substituents is 1. The van der Waals surface area contributed by atoms with Gasteiger partial charge in [-0.05, 0) is 61.2 Å². The van der Waals surface area contributed by atoms with Gasteiger partial charge in [0.1, 0.15) is 12.6 Å². The van der Waals surface area contributed by atoms with E-state index < -0.39 is 33.4 Å². The van der Waals surface area contributed by atoms with Crippen LogP contribution >= 0.6 is 11.6 Å². The molecule has 43 heavy (non-hydrogen) atoms. The van der Waals surface area contributed by atoms with Gasteiger partial charge < -0.3 is 10.2 Å². The number of nitrogens with zero attached hydrogens (tertiary/aromatic N) is 3. The number of nitrogens with one attached hydrogen (secondary N) is 1. The number of nitro groups is 1. The van der Waals surface area contributed by atoms with E-state index in [0.717, 1.165) is 42.0 Å². The fourth-order valence-corrected chi connectivity index (χ4v) is 6.80. The minimum absolute atomic E-state index is 0.0258. The molecular weight excluding hydrogens is 592 g/mol. The third-order valence-corrected chi connectivity index (χ3v) is 9.60. The van der Waals surface area contributed by atoms with E-state index in [9.17, 15) is 28.1 Å².